The van der Waals surface area contributed by atoms with Crippen LogP contribution in [0.15, 0.2) is 53.7 Å². The van der Waals surface area contributed by atoms with Crippen molar-refractivity contribution in [3.63, 3.8) is 0 Å². The number of nitrogens with one attached hydrogen (secondary N) is 3. The Kier molecular flexibility index (Phi) is 7.98. The van der Waals surface area contributed by atoms with Crippen LogP contribution in [0.3, 0.4) is 0 Å². The van der Waals surface area contributed by atoms with Gasteiger partial charge in [-0.25, -0.2) is 18.1 Å². The highest BCUT2D eigenvalue weighted by molar-refractivity contribution is 7.92. The number of aromatic nitrogens is 4. The first-order valence-electron chi connectivity index (χ1n) is 11.7. The minimum absolute atomic E-state index is 0.0481. The maximum atomic E-state index is 13.0. The molecule has 1 amide bonds. The van der Waals surface area contributed by atoms with Crippen LogP contribution in [0.1, 0.15) is 27.0 Å². The van der Waals surface area contributed by atoms with Gasteiger partial charge in [0.1, 0.15) is 10.6 Å². The topological polar surface area (TPSA) is 152 Å². The average Bonchev–Trinajstić information content (AvgIpc) is 3.31. The number of hydrogen-bond acceptors (Lipinski definition) is 8. The highest BCUT2D eigenvalue weighted by atomic mass is 35.5. The maximum absolute atomic E-state index is 13.0. The van der Waals surface area contributed by atoms with Crippen LogP contribution in [-0.2, 0) is 17.1 Å². The van der Waals surface area contributed by atoms with E-state index in [4.69, 9.17) is 21.7 Å². The number of hydrogen-bond donors (Lipinski definition) is 3. The fourth-order valence-electron chi connectivity index (χ4n) is 3.88. The molecule has 2 aromatic carbocycles. The largest absolute Gasteiger partial charge is 0.439 e. The van der Waals surface area contributed by atoms with E-state index in [1.54, 1.807) is 26.1 Å². The Morgan fingerprint density at radius 3 is 2.49 bits per heavy atom. The molecule has 39 heavy (non-hydrogen) atoms. The molecule has 2 aromatic heterocycles. The van der Waals surface area contributed by atoms with Gasteiger partial charge >= 0.3 is 0 Å². The quantitative estimate of drug-likeness (QED) is 0.253. The van der Waals surface area contributed by atoms with Gasteiger partial charge in [0.25, 0.3) is 15.9 Å². The van der Waals surface area contributed by atoms with Crippen LogP contribution >= 0.6 is 11.6 Å². The summed E-state index contributed by atoms with van der Waals surface area (Å²) in [6.07, 6.45) is 3.65. The molecule has 0 aliphatic carbocycles. The van der Waals surface area contributed by atoms with Gasteiger partial charge in [-0.15, -0.1) is 0 Å². The zero-order valence-corrected chi connectivity index (χ0v) is 23.2. The first-order valence-corrected chi connectivity index (χ1v) is 13.6. The van der Waals surface area contributed by atoms with Crippen LogP contribution in [0.4, 0.5) is 5.95 Å². The minimum Gasteiger partial charge on any atom is -0.439 e. The van der Waals surface area contributed by atoms with E-state index in [0.717, 1.165) is 22.9 Å². The molecule has 4 aromatic rings. The van der Waals surface area contributed by atoms with Crippen molar-refractivity contribution in [1.82, 2.24) is 25.1 Å². The summed E-state index contributed by atoms with van der Waals surface area (Å²) in [7, 11) is -2.42. The number of benzene rings is 2. The SMILES string of the molecule is Cc1cc(C(=O)NCC=N)c(Cl)cc1Oc1cc(-c2c(C)cccc2C)nc(NS(=O)(=O)c2cnn(C)c2)n1. The lowest BCUT2D eigenvalue weighted by Gasteiger charge is -2.15. The first-order chi connectivity index (χ1) is 18.5. The summed E-state index contributed by atoms with van der Waals surface area (Å²) in [6, 6.07) is 10.4. The van der Waals surface area contributed by atoms with E-state index in [1.807, 2.05) is 32.0 Å². The molecule has 3 N–H and O–H groups in total. The second-order valence-electron chi connectivity index (χ2n) is 8.75. The Balaban J connectivity index is 1.77. The molecule has 0 saturated heterocycles. The number of anilines is 1. The molecule has 2 heterocycles. The molecule has 4 rings (SSSR count). The van der Waals surface area contributed by atoms with Gasteiger partial charge in [-0.3, -0.25) is 9.48 Å². The van der Waals surface area contributed by atoms with Crippen molar-refractivity contribution in [1.29, 1.82) is 5.41 Å². The predicted molar refractivity (Wildman–Crippen MR) is 148 cm³/mol. The molecule has 0 atom stereocenters. The zero-order chi connectivity index (χ0) is 28.3. The summed E-state index contributed by atoms with van der Waals surface area (Å²) in [5.74, 6) is -0.243. The molecule has 0 bridgehead atoms. The molecule has 0 unspecified atom stereocenters. The predicted octanol–water partition coefficient (Wildman–Crippen LogP) is 4.43. The molecule has 202 valence electrons. The van der Waals surface area contributed by atoms with Gasteiger partial charge in [0.05, 0.1) is 29.0 Å². The molecule has 0 spiro atoms. The van der Waals surface area contributed by atoms with E-state index in [2.05, 4.69) is 25.1 Å². The highest BCUT2D eigenvalue weighted by Gasteiger charge is 2.21. The molecule has 13 heteroatoms. The van der Waals surface area contributed by atoms with Crippen molar-refractivity contribution in [3.05, 3.63) is 76.1 Å². The smallest absolute Gasteiger partial charge is 0.267 e. The number of ether oxygens (including phenoxy) is 1. The van der Waals surface area contributed by atoms with Crippen LogP contribution in [0.2, 0.25) is 5.02 Å². The lowest BCUT2D eigenvalue weighted by atomic mass is 10.00. The van der Waals surface area contributed by atoms with Crippen LogP contribution in [0.25, 0.3) is 11.3 Å². The third-order valence-corrected chi connectivity index (χ3v) is 7.34. The van der Waals surface area contributed by atoms with Gasteiger partial charge < -0.3 is 15.5 Å². The summed E-state index contributed by atoms with van der Waals surface area (Å²) in [4.78, 5) is 21.1. The zero-order valence-electron chi connectivity index (χ0n) is 21.6. The number of sulfonamides is 1. The Bertz CT molecular complexity index is 1670. The van der Waals surface area contributed by atoms with Crippen LogP contribution < -0.4 is 14.8 Å². The van der Waals surface area contributed by atoms with Gasteiger partial charge in [0, 0.05) is 37.2 Å². The molecule has 0 aliphatic rings. The standard InChI is InChI=1S/C26H26ClN7O4S/c1-15-6-5-7-16(2)24(15)21-12-23(32-26(31-21)33-39(36,37)18-13-30-34(4)14-18)38-22-11-20(27)19(10-17(22)3)25(35)29-9-8-28/h5-8,10-14,28H,9H2,1-4H3,(H,29,35)(H,31,32,33). The molecule has 0 radical (unpaired) electrons. The Morgan fingerprint density at radius 1 is 1.13 bits per heavy atom. The van der Waals surface area contributed by atoms with Crippen molar-refractivity contribution in [2.24, 2.45) is 7.05 Å². The van der Waals surface area contributed by atoms with Gasteiger partial charge in [-0.2, -0.15) is 10.1 Å². The Labute approximate surface area is 230 Å². The summed E-state index contributed by atoms with van der Waals surface area (Å²) >= 11 is 6.37. The summed E-state index contributed by atoms with van der Waals surface area (Å²) < 4.78 is 35.8. The van der Waals surface area contributed by atoms with Crippen molar-refractivity contribution in [2.45, 2.75) is 25.7 Å². The second-order valence-corrected chi connectivity index (χ2v) is 10.8. The van der Waals surface area contributed by atoms with E-state index >= 15 is 0 Å². The van der Waals surface area contributed by atoms with E-state index in [0.29, 0.717) is 17.0 Å². The first kappa shape index (κ1) is 27.7. The van der Waals surface area contributed by atoms with Gasteiger partial charge in [-0.05, 0) is 43.5 Å². The molecule has 0 fully saturated rings. The van der Waals surface area contributed by atoms with Crippen LogP contribution in [0.5, 0.6) is 11.6 Å². The number of halogens is 1. The highest BCUT2D eigenvalue weighted by Crippen LogP contribution is 2.34. The number of rotatable bonds is 9. The normalized spacial score (nSPS) is 11.2. The Hall–Kier alpha value is -4.29. The summed E-state index contributed by atoms with van der Waals surface area (Å²) in [5, 5.41) is 13.7. The van der Waals surface area contributed by atoms with Crippen LogP contribution in [-0.4, -0.2) is 46.8 Å². The van der Waals surface area contributed by atoms with Crippen molar-refractivity contribution < 1.29 is 17.9 Å². The number of aryl methyl sites for hydroxylation is 4. The van der Waals surface area contributed by atoms with Crippen LogP contribution in [0, 0.1) is 26.2 Å². The maximum Gasteiger partial charge on any atom is 0.267 e. The van der Waals surface area contributed by atoms with Gasteiger partial charge in [0.15, 0.2) is 0 Å². The monoisotopic (exact) mass is 567 g/mol. The van der Waals surface area contributed by atoms with Gasteiger partial charge in [-0.1, -0.05) is 29.8 Å². The van der Waals surface area contributed by atoms with Gasteiger partial charge in [0.2, 0.25) is 11.8 Å². The Morgan fingerprint density at radius 2 is 1.85 bits per heavy atom. The van der Waals surface area contributed by atoms with E-state index in [-0.39, 0.29) is 33.9 Å². The lowest BCUT2D eigenvalue weighted by Crippen LogP contribution is -2.25. The molecule has 0 saturated carbocycles. The third kappa shape index (κ3) is 6.24. The number of carbonyl (C=O) groups is 1. The van der Waals surface area contributed by atoms with E-state index in [1.165, 1.54) is 23.1 Å². The fraction of sp³-hybridized carbons (Fsp3) is 0.192. The fourth-order valence-corrected chi connectivity index (χ4v) is 5.05. The molecular weight excluding hydrogens is 542 g/mol. The molecule has 0 aliphatic heterocycles. The third-order valence-electron chi connectivity index (χ3n) is 5.75. The van der Waals surface area contributed by atoms with Crippen molar-refractivity contribution in [2.75, 3.05) is 11.3 Å². The number of nitrogens with zero attached hydrogens (tertiary/aromatic N) is 4. The minimum atomic E-state index is -4.03. The summed E-state index contributed by atoms with van der Waals surface area (Å²) in [5.41, 5.74) is 3.93. The average molecular weight is 568 g/mol. The van der Waals surface area contributed by atoms with Crippen molar-refractivity contribution in [3.8, 4) is 22.9 Å². The lowest BCUT2D eigenvalue weighted by molar-refractivity contribution is 0.0959. The molecular formula is C26H26ClN7O4S. The van der Waals surface area contributed by atoms with Crippen molar-refractivity contribution >= 4 is 39.7 Å². The second kappa shape index (κ2) is 11.2. The number of amides is 1. The summed E-state index contributed by atoms with van der Waals surface area (Å²) in [6.45, 7) is 5.66. The number of carbonyl (C=O) groups excluding carboxylic acids is 1. The molecule has 11 nitrogen and oxygen atoms in total. The van der Waals surface area contributed by atoms with E-state index < -0.39 is 15.9 Å². The van der Waals surface area contributed by atoms with E-state index in [9.17, 15) is 13.2 Å².